The quantitative estimate of drug-likeness (QED) is 0.684. The Balaban J connectivity index is 2.02. The topological polar surface area (TPSA) is 73.2 Å². The summed E-state index contributed by atoms with van der Waals surface area (Å²) in [6.45, 7) is 5.86. The zero-order valence-corrected chi connectivity index (χ0v) is 14.7. The molecule has 0 bridgehead atoms. The van der Waals surface area contributed by atoms with Crippen molar-refractivity contribution >= 4 is 29.5 Å². The van der Waals surface area contributed by atoms with Crippen LogP contribution in [0.25, 0.3) is 5.69 Å². The summed E-state index contributed by atoms with van der Waals surface area (Å²) < 4.78 is 6.49. The number of aryl methyl sites for hydroxylation is 2. The van der Waals surface area contributed by atoms with Crippen molar-refractivity contribution in [3.8, 4) is 5.69 Å². The first-order valence-electron chi connectivity index (χ1n) is 7.75. The Morgan fingerprint density at radius 1 is 1.33 bits per heavy atom. The molecule has 3 rings (SSSR count). The van der Waals surface area contributed by atoms with Gasteiger partial charge in [0.05, 0.1) is 18.0 Å². The number of ether oxygens (including phenoxy) is 1. The first-order valence-corrected chi connectivity index (χ1v) is 8.91. The molecular weight excluding hydrogens is 326 g/mol. The van der Waals surface area contributed by atoms with E-state index in [1.54, 1.807) is 23.4 Å². The maximum absolute atomic E-state index is 12.1. The van der Waals surface area contributed by atoms with Crippen LogP contribution in [0.1, 0.15) is 29.3 Å². The number of hydrogen-bond acceptors (Lipinski definition) is 5. The summed E-state index contributed by atoms with van der Waals surface area (Å²) in [5.41, 5.74) is 5.01. The minimum absolute atomic E-state index is 0.163. The van der Waals surface area contributed by atoms with Gasteiger partial charge < -0.3 is 10.1 Å². The standard InChI is InChI=1S/C17H19N3O3S/c1-4-23-17(22)16(21)18-15-12-8-24-9-13(12)19-20(15)14-6-5-10(2)7-11(14)3/h5-7H,4,8-9H2,1-3H3,(H,18,21). The van der Waals surface area contributed by atoms with E-state index < -0.39 is 11.9 Å². The van der Waals surface area contributed by atoms with Crippen LogP contribution >= 0.6 is 11.8 Å². The number of esters is 1. The number of aromatic nitrogens is 2. The third-order valence-corrected chi connectivity index (χ3v) is 4.80. The van der Waals surface area contributed by atoms with E-state index in [0.29, 0.717) is 5.82 Å². The molecule has 0 radical (unpaired) electrons. The van der Waals surface area contributed by atoms with Crippen molar-refractivity contribution in [3.05, 3.63) is 40.6 Å². The summed E-state index contributed by atoms with van der Waals surface area (Å²) in [7, 11) is 0. The highest BCUT2D eigenvalue weighted by Crippen LogP contribution is 2.36. The molecule has 7 heteroatoms. The predicted molar refractivity (Wildman–Crippen MR) is 93.3 cm³/mol. The number of anilines is 1. The number of rotatable bonds is 3. The van der Waals surface area contributed by atoms with E-state index in [4.69, 9.17) is 4.74 Å². The lowest BCUT2D eigenvalue weighted by molar-refractivity contribution is -0.152. The van der Waals surface area contributed by atoms with Gasteiger partial charge in [-0.2, -0.15) is 16.9 Å². The van der Waals surface area contributed by atoms with E-state index in [1.807, 2.05) is 26.0 Å². The van der Waals surface area contributed by atoms with Crippen molar-refractivity contribution in [2.45, 2.75) is 32.3 Å². The Hall–Kier alpha value is -2.28. The largest absolute Gasteiger partial charge is 0.459 e. The molecule has 2 heterocycles. The molecule has 126 valence electrons. The molecule has 0 fully saturated rings. The molecule has 2 aromatic rings. The molecule has 1 aromatic carbocycles. The molecule has 1 aromatic heterocycles. The van der Waals surface area contributed by atoms with Gasteiger partial charge in [0.1, 0.15) is 5.82 Å². The second-order valence-electron chi connectivity index (χ2n) is 5.64. The van der Waals surface area contributed by atoms with E-state index in [2.05, 4.69) is 16.5 Å². The Kier molecular flexibility index (Phi) is 4.62. The van der Waals surface area contributed by atoms with Crippen molar-refractivity contribution < 1.29 is 14.3 Å². The van der Waals surface area contributed by atoms with Crippen LogP contribution in [0.4, 0.5) is 5.82 Å². The highest BCUT2D eigenvalue weighted by atomic mass is 32.2. The van der Waals surface area contributed by atoms with Crippen LogP contribution in [0.15, 0.2) is 18.2 Å². The van der Waals surface area contributed by atoms with Crippen LogP contribution in [-0.2, 0) is 25.8 Å². The van der Waals surface area contributed by atoms with Gasteiger partial charge in [-0.05, 0) is 32.4 Å². The number of carbonyl (C=O) groups is 2. The number of benzene rings is 1. The van der Waals surface area contributed by atoms with Gasteiger partial charge >= 0.3 is 11.9 Å². The summed E-state index contributed by atoms with van der Waals surface area (Å²) in [6.07, 6.45) is 0. The Bertz CT molecular complexity index is 814. The molecule has 0 spiro atoms. The molecule has 0 saturated carbocycles. The van der Waals surface area contributed by atoms with E-state index in [1.165, 1.54) is 0 Å². The van der Waals surface area contributed by atoms with E-state index in [0.717, 1.165) is 39.6 Å². The minimum Gasteiger partial charge on any atom is -0.459 e. The van der Waals surface area contributed by atoms with Crippen molar-refractivity contribution in [3.63, 3.8) is 0 Å². The maximum Gasteiger partial charge on any atom is 0.397 e. The second-order valence-corrected chi connectivity index (χ2v) is 6.63. The van der Waals surface area contributed by atoms with Crippen molar-refractivity contribution in [1.82, 2.24) is 9.78 Å². The number of nitrogens with zero attached hydrogens (tertiary/aromatic N) is 2. The molecule has 0 saturated heterocycles. The lowest BCUT2D eigenvalue weighted by Gasteiger charge is -2.13. The zero-order valence-electron chi connectivity index (χ0n) is 13.9. The predicted octanol–water partition coefficient (Wildman–Crippen LogP) is 2.74. The third kappa shape index (κ3) is 3.03. The molecule has 24 heavy (non-hydrogen) atoms. The number of hydrogen-bond donors (Lipinski definition) is 1. The number of thioether (sulfide) groups is 1. The van der Waals surface area contributed by atoms with Gasteiger partial charge in [-0.25, -0.2) is 9.48 Å². The van der Waals surface area contributed by atoms with Crippen LogP contribution in [0.3, 0.4) is 0 Å². The fourth-order valence-electron chi connectivity index (χ4n) is 2.71. The van der Waals surface area contributed by atoms with E-state index in [-0.39, 0.29) is 6.61 Å². The summed E-state index contributed by atoms with van der Waals surface area (Å²) in [5.74, 6) is 0.460. The minimum atomic E-state index is -0.884. The lowest BCUT2D eigenvalue weighted by atomic mass is 10.1. The SMILES string of the molecule is CCOC(=O)C(=O)Nc1c2c(nn1-c1ccc(C)cc1C)CSC2. The summed E-state index contributed by atoms with van der Waals surface area (Å²) in [4.78, 5) is 23.7. The second kappa shape index (κ2) is 6.68. The molecule has 1 amide bonds. The maximum atomic E-state index is 12.1. The number of nitrogens with one attached hydrogen (secondary N) is 1. The third-order valence-electron chi connectivity index (χ3n) is 3.83. The Labute approximate surface area is 144 Å². The summed E-state index contributed by atoms with van der Waals surface area (Å²) in [6, 6.07) is 6.04. The van der Waals surface area contributed by atoms with Gasteiger partial charge in [-0.3, -0.25) is 4.79 Å². The monoisotopic (exact) mass is 345 g/mol. The van der Waals surface area contributed by atoms with Crippen LogP contribution in [0.2, 0.25) is 0 Å². The fraction of sp³-hybridized carbons (Fsp3) is 0.353. The Morgan fingerprint density at radius 3 is 2.83 bits per heavy atom. The van der Waals surface area contributed by atoms with Gasteiger partial charge in [-0.15, -0.1) is 0 Å². The molecule has 1 aliphatic rings. The first-order chi connectivity index (χ1) is 11.5. The van der Waals surface area contributed by atoms with Crippen molar-refractivity contribution in [1.29, 1.82) is 0 Å². The average molecular weight is 345 g/mol. The van der Waals surface area contributed by atoms with Crippen molar-refractivity contribution in [2.24, 2.45) is 0 Å². The van der Waals surface area contributed by atoms with Crippen molar-refractivity contribution in [2.75, 3.05) is 11.9 Å². The molecule has 6 nitrogen and oxygen atoms in total. The van der Waals surface area contributed by atoms with Crippen LogP contribution in [0, 0.1) is 13.8 Å². The molecule has 0 unspecified atom stereocenters. The number of amides is 1. The summed E-state index contributed by atoms with van der Waals surface area (Å²) >= 11 is 1.74. The first kappa shape index (κ1) is 16.6. The molecule has 0 aliphatic carbocycles. The lowest BCUT2D eigenvalue weighted by Crippen LogP contribution is -2.26. The Morgan fingerprint density at radius 2 is 2.12 bits per heavy atom. The van der Waals surface area contributed by atoms with E-state index in [9.17, 15) is 9.59 Å². The fourth-order valence-corrected chi connectivity index (χ4v) is 3.75. The molecular formula is C17H19N3O3S. The normalized spacial score (nSPS) is 12.8. The van der Waals surface area contributed by atoms with Gasteiger partial charge in [0, 0.05) is 17.1 Å². The van der Waals surface area contributed by atoms with Gasteiger partial charge in [0.2, 0.25) is 0 Å². The highest BCUT2D eigenvalue weighted by molar-refractivity contribution is 7.98. The highest BCUT2D eigenvalue weighted by Gasteiger charge is 2.27. The van der Waals surface area contributed by atoms with E-state index >= 15 is 0 Å². The average Bonchev–Trinajstić information content (AvgIpc) is 3.10. The van der Waals surface area contributed by atoms with Gasteiger partial charge in [0.25, 0.3) is 0 Å². The number of carbonyl (C=O) groups excluding carboxylic acids is 2. The number of fused-ring (bicyclic) bond motifs is 1. The van der Waals surface area contributed by atoms with Crippen LogP contribution in [-0.4, -0.2) is 28.3 Å². The smallest absolute Gasteiger partial charge is 0.397 e. The summed E-state index contributed by atoms with van der Waals surface area (Å²) in [5, 5.41) is 7.33. The molecule has 1 N–H and O–H groups in total. The molecule has 0 atom stereocenters. The van der Waals surface area contributed by atoms with Crippen LogP contribution in [0.5, 0.6) is 0 Å². The van der Waals surface area contributed by atoms with Gasteiger partial charge in [-0.1, -0.05) is 17.7 Å². The van der Waals surface area contributed by atoms with Gasteiger partial charge in [0.15, 0.2) is 0 Å². The van der Waals surface area contributed by atoms with Crippen LogP contribution < -0.4 is 5.32 Å². The molecule has 1 aliphatic heterocycles. The zero-order chi connectivity index (χ0) is 17.3.